The van der Waals surface area contributed by atoms with Crippen LogP contribution in [0.4, 0.5) is 0 Å². The highest BCUT2D eigenvalue weighted by Gasteiger charge is 2.36. The molecule has 2 amide bonds. The Morgan fingerprint density at radius 2 is 2.14 bits per heavy atom. The second-order valence-corrected chi connectivity index (χ2v) is 6.37. The van der Waals surface area contributed by atoms with Crippen LogP contribution in [0.5, 0.6) is 0 Å². The van der Waals surface area contributed by atoms with Gasteiger partial charge in [0.2, 0.25) is 11.8 Å². The first kappa shape index (κ1) is 19.2. The molecule has 0 aliphatic carbocycles. The van der Waals surface area contributed by atoms with Crippen LogP contribution in [-0.4, -0.2) is 48.9 Å². The molecule has 2 saturated heterocycles. The zero-order valence-electron chi connectivity index (χ0n) is 13.8. The van der Waals surface area contributed by atoms with Crippen molar-refractivity contribution in [1.82, 2.24) is 15.5 Å². The van der Waals surface area contributed by atoms with Crippen molar-refractivity contribution in [3.05, 3.63) is 0 Å². The van der Waals surface area contributed by atoms with Gasteiger partial charge in [0.25, 0.3) is 0 Å². The van der Waals surface area contributed by atoms with E-state index in [0.29, 0.717) is 18.9 Å². The summed E-state index contributed by atoms with van der Waals surface area (Å²) in [5.74, 6) is 0.579. The zero-order chi connectivity index (χ0) is 15.2. The molecule has 2 atom stereocenters. The number of piperidine rings is 1. The molecule has 2 fully saturated rings. The largest absolute Gasteiger partial charge is 0.355 e. The number of likely N-dealkylation sites (tertiary alicyclic amines) is 1. The Morgan fingerprint density at radius 3 is 2.73 bits per heavy atom. The Morgan fingerprint density at radius 1 is 1.41 bits per heavy atom. The maximum absolute atomic E-state index is 12.3. The van der Waals surface area contributed by atoms with Gasteiger partial charge in [-0.05, 0) is 44.7 Å². The molecule has 0 saturated carbocycles. The summed E-state index contributed by atoms with van der Waals surface area (Å²) in [6.45, 7) is 7.62. The Bertz CT molecular complexity index is 368. The second kappa shape index (κ2) is 9.36. The van der Waals surface area contributed by atoms with Crippen LogP contribution in [-0.2, 0) is 9.59 Å². The molecule has 0 spiro atoms. The summed E-state index contributed by atoms with van der Waals surface area (Å²) in [5, 5.41) is 6.41. The molecule has 2 heterocycles. The first-order chi connectivity index (χ1) is 10.2. The third kappa shape index (κ3) is 4.85. The van der Waals surface area contributed by atoms with Crippen LogP contribution < -0.4 is 10.6 Å². The monoisotopic (exact) mass is 331 g/mol. The molecule has 22 heavy (non-hydrogen) atoms. The molecule has 128 valence electrons. The molecule has 2 rings (SSSR count). The maximum atomic E-state index is 12.3. The number of amides is 2. The van der Waals surface area contributed by atoms with Crippen molar-refractivity contribution in [2.45, 2.75) is 52.0 Å². The SMILES string of the molecule is CCC(CC)N1CC(C(=O)NCC2CCCNC2)CC1=O.Cl. The van der Waals surface area contributed by atoms with Gasteiger partial charge in [0.15, 0.2) is 0 Å². The number of rotatable bonds is 6. The van der Waals surface area contributed by atoms with Crippen LogP contribution in [0, 0.1) is 11.8 Å². The van der Waals surface area contributed by atoms with Crippen molar-refractivity contribution in [1.29, 1.82) is 0 Å². The molecule has 0 bridgehead atoms. The van der Waals surface area contributed by atoms with E-state index in [1.807, 2.05) is 4.90 Å². The van der Waals surface area contributed by atoms with Crippen LogP contribution in [0.2, 0.25) is 0 Å². The highest BCUT2D eigenvalue weighted by Crippen LogP contribution is 2.23. The van der Waals surface area contributed by atoms with Gasteiger partial charge in [-0.1, -0.05) is 13.8 Å². The summed E-state index contributed by atoms with van der Waals surface area (Å²) >= 11 is 0. The van der Waals surface area contributed by atoms with Gasteiger partial charge < -0.3 is 15.5 Å². The first-order valence-electron chi connectivity index (χ1n) is 8.43. The smallest absolute Gasteiger partial charge is 0.225 e. The molecule has 2 aliphatic heterocycles. The average molecular weight is 332 g/mol. The van der Waals surface area contributed by atoms with Gasteiger partial charge in [0.1, 0.15) is 0 Å². The quantitative estimate of drug-likeness (QED) is 0.776. The molecule has 2 unspecified atom stereocenters. The molecule has 0 aromatic rings. The fourth-order valence-corrected chi connectivity index (χ4v) is 3.48. The molecular formula is C16H30ClN3O2. The zero-order valence-corrected chi connectivity index (χ0v) is 14.6. The first-order valence-corrected chi connectivity index (χ1v) is 8.43. The van der Waals surface area contributed by atoms with Gasteiger partial charge in [-0.15, -0.1) is 12.4 Å². The van der Waals surface area contributed by atoms with Crippen LogP contribution >= 0.6 is 12.4 Å². The maximum Gasteiger partial charge on any atom is 0.225 e. The lowest BCUT2D eigenvalue weighted by Crippen LogP contribution is -2.41. The standard InChI is InChI=1S/C16H29N3O2.ClH/c1-3-14(4-2)19-11-13(8-15(19)20)16(21)18-10-12-6-5-7-17-9-12;/h12-14,17H,3-11H2,1-2H3,(H,18,21);1H. The second-order valence-electron chi connectivity index (χ2n) is 6.37. The van der Waals surface area contributed by atoms with Gasteiger partial charge in [-0.2, -0.15) is 0 Å². The van der Waals surface area contributed by atoms with Gasteiger partial charge in [-0.25, -0.2) is 0 Å². The van der Waals surface area contributed by atoms with E-state index < -0.39 is 0 Å². The average Bonchev–Trinajstić information content (AvgIpc) is 2.89. The van der Waals surface area contributed by atoms with Gasteiger partial charge >= 0.3 is 0 Å². The fourth-order valence-electron chi connectivity index (χ4n) is 3.48. The fraction of sp³-hybridized carbons (Fsp3) is 0.875. The summed E-state index contributed by atoms with van der Waals surface area (Å²) in [6, 6.07) is 0.290. The number of nitrogens with zero attached hydrogens (tertiary/aromatic N) is 1. The Labute approximate surface area is 140 Å². The molecule has 0 aromatic carbocycles. The number of hydrogen-bond donors (Lipinski definition) is 2. The lowest BCUT2D eigenvalue weighted by molar-refractivity contribution is -0.130. The van der Waals surface area contributed by atoms with Gasteiger partial charge in [0, 0.05) is 25.6 Å². The van der Waals surface area contributed by atoms with E-state index in [1.165, 1.54) is 12.8 Å². The van der Waals surface area contributed by atoms with Crippen molar-refractivity contribution >= 4 is 24.2 Å². The molecule has 0 radical (unpaired) electrons. The van der Waals surface area contributed by atoms with Crippen molar-refractivity contribution < 1.29 is 9.59 Å². The predicted molar refractivity (Wildman–Crippen MR) is 90.0 cm³/mol. The molecule has 2 aliphatic rings. The number of nitrogens with one attached hydrogen (secondary N) is 2. The third-order valence-corrected chi connectivity index (χ3v) is 4.88. The lowest BCUT2D eigenvalue weighted by Gasteiger charge is -2.26. The van der Waals surface area contributed by atoms with Crippen LogP contribution in [0.25, 0.3) is 0 Å². The summed E-state index contributed by atoms with van der Waals surface area (Å²) in [5.41, 5.74) is 0. The normalized spacial score (nSPS) is 25.2. The summed E-state index contributed by atoms with van der Waals surface area (Å²) < 4.78 is 0. The van der Waals surface area contributed by atoms with E-state index in [1.54, 1.807) is 0 Å². The van der Waals surface area contributed by atoms with E-state index in [-0.39, 0.29) is 36.2 Å². The van der Waals surface area contributed by atoms with Crippen LogP contribution in [0.3, 0.4) is 0 Å². The minimum absolute atomic E-state index is 0. The number of carbonyl (C=O) groups is 2. The highest BCUT2D eigenvalue weighted by molar-refractivity contribution is 5.89. The summed E-state index contributed by atoms with van der Waals surface area (Å²) in [7, 11) is 0. The van der Waals surface area contributed by atoms with Crippen LogP contribution in [0.1, 0.15) is 46.0 Å². The molecule has 0 aromatic heterocycles. The van der Waals surface area contributed by atoms with Crippen LogP contribution in [0.15, 0.2) is 0 Å². The highest BCUT2D eigenvalue weighted by atomic mass is 35.5. The van der Waals surface area contributed by atoms with E-state index in [2.05, 4.69) is 24.5 Å². The minimum atomic E-state index is -0.158. The molecule has 2 N–H and O–H groups in total. The molecular weight excluding hydrogens is 302 g/mol. The minimum Gasteiger partial charge on any atom is -0.355 e. The van der Waals surface area contributed by atoms with Crippen molar-refractivity contribution in [2.24, 2.45) is 11.8 Å². The Hall–Kier alpha value is -0.810. The van der Waals surface area contributed by atoms with Crippen molar-refractivity contribution in [3.63, 3.8) is 0 Å². The van der Waals surface area contributed by atoms with E-state index >= 15 is 0 Å². The predicted octanol–water partition coefficient (Wildman–Crippen LogP) is 1.56. The van der Waals surface area contributed by atoms with Crippen molar-refractivity contribution in [3.8, 4) is 0 Å². The Balaban J connectivity index is 0.00000242. The van der Waals surface area contributed by atoms with Gasteiger partial charge in [0.05, 0.1) is 5.92 Å². The van der Waals surface area contributed by atoms with E-state index in [0.717, 1.165) is 32.5 Å². The number of carbonyl (C=O) groups excluding carboxylic acids is 2. The summed E-state index contributed by atoms with van der Waals surface area (Å²) in [6.07, 6.45) is 4.67. The van der Waals surface area contributed by atoms with Gasteiger partial charge in [-0.3, -0.25) is 9.59 Å². The lowest BCUT2D eigenvalue weighted by atomic mass is 9.99. The Kier molecular flexibility index (Phi) is 8.18. The third-order valence-electron chi connectivity index (χ3n) is 4.88. The number of halogens is 1. The van der Waals surface area contributed by atoms with E-state index in [4.69, 9.17) is 0 Å². The molecule has 5 nitrogen and oxygen atoms in total. The van der Waals surface area contributed by atoms with Crippen molar-refractivity contribution in [2.75, 3.05) is 26.2 Å². The van der Waals surface area contributed by atoms with E-state index in [9.17, 15) is 9.59 Å². The summed E-state index contributed by atoms with van der Waals surface area (Å²) in [4.78, 5) is 26.3. The topological polar surface area (TPSA) is 61.4 Å². The molecule has 6 heteroatoms. The number of hydrogen-bond acceptors (Lipinski definition) is 3.